The van der Waals surface area contributed by atoms with E-state index in [9.17, 15) is 4.79 Å². The maximum absolute atomic E-state index is 12.2. The Morgan fingerprint density at radius 1 is 1.12 bits per heavy atom. The highest BCUT2D eigenvalue weighted by Gasteiger charge is 2.08. The number of aryl methyl sites for hydroxylation is 3. The van der Waals surface area contributed by atoms with E-state index in [0.29, 0.717) is 12.2 Å². The lowest BCUT2D eigenvalue weighted by atomic mass is 10.1. The van der Waals surface area contributed by atoms with Crippen LogP contribution in [-0.4, -0.2) is 20.7 Å². The Hall–Kier alpha value is -2.95. The average molecular weight is 320 g/mol. The van der Waals surface area contributed by atoms with Gasteiger partial charge in [0.1, 0.15) is 0 Å². The van der Waals surface area contributed by atoms with E-state index < -0.39 is 0 Å². The first-order valence-electron chi connectivity index (χ1n) is 7.97. The van der Waals surface area contributed by atoms with E-state index in [4.69, 9.17) is 0 Å². The van der Waals surface area contributed by atoms with Crippen LogP contribution in [0, 0.1) is 6.92 Å². The number of nitrogens with zero attached hydrogens (tertiary/aromatic N) is 3. The molecule has 0 bridgehead atoms. The summed E-state index contributed by atoms with van der Waals surface area (Å²) in [5, 5.41) is 7.25. The summed E-state index contributed by atoms with van der Waals surface area (Å²) in [6.07, 6.45) is 6.69. The van der Waals surface area contributed by atoms with Crippen molar-refractivity contribution in [1.29, 1.82) is 0 Å². The number of benzene rings is 1. The molecule has 2 heterocycles. The van der Waals surface area contributed by atoms with Gasteiger partial charge in [0.05, 0.1) is 6.42 Å². The Kier molecular flexibility index (Phi) is 5.01. The Labute approximate surface area is 141 Å². The number of aromatic nitrogens is 3. The van der Waals surface area contributed by atoms with E-state index in [1.165, 1.54) is 5.56 Å². The lowest BCUT2D eigenvalue weighted by Gasteiger charge is -2.05. The number of hydrogen-bond donors (Lipinski definition) is 1. The van der Waals surface area contributed by atoms with Crippen molar-refractivity contribution in [2.75, 3.05) is 5.32 Å². The van der Waals surface area contributed by atoms with Crippen molar-refractivity contribution < 1.29 is 4.79 Å². The largest absolute Gasteiger partial charge is 0.309 e. The summed E-state index contributed by atoms with van der Waals surface area (Å²) < 4.78 is 1.84. The molecule has 0 aliphatic rings. The highest BCUT2D eigenvalue weighted by Crippen LogP contribution is 2.10. The van der Waals surface area contributed by atoms with Crippen LogP contribution < -0.4 is 5.32 Å². The molecule has 0 aliphatic carbocycles. The number of rotatable bonds is 6. The van der Waals surface area contributed by atoms with Crippen LogP contribution in [-0.2, 0) is 24.2 Å². The highest BCUT2D eigenvalue weighted by atomic mass is 16.1. The second kappa shape index (κ2) is 7.55. The molecule has 0 radical (unpaired) electrons. The molecule has 5 heteroatoms. The molecule has 2 aromatic heterocycles. The summed E-state index contributed by atoms with van der Waals surface area (Å²) in [6.45, 7) is 2.77. The molecule has 1 N–H and O–H groups in total. The maximum atomic E-state index is 12.2. The summed E-state index contributed by atoms with van der Waals surface area (Å²) in [6, 6.07) is 13.7. The fraction of sp³-hybridized carbons (Fsp3) is 0.211. The van der Waals surface area contributed by atoms with Gasteiger partial charge in [0.25, 0.3) is 0 Å². The standard InChI is InChI=1S/C19H20N4O/c1-15-4-2-3-5-17(15)14-19(24)21-18-9-13-23(22-18)12-8-16-6-10-20-11-7-16/h2-7,9-11,13H,8,12,14H2,1H3,(H,21,22,24). The van der Waals surface area contributed by atoms with Crippen molar-refractivity contribution in [2.45, 2.75) is 26.3 Å². The summed E-state index contributed by atoms with van der Waals surface area (Å²) >= 11 is 0. The van der Waals surface area contributed by atoms with Crippen LogP contribution >= 0.6 is 0 Å². The summed E-state index contributed by atoms with van der Waals surface area (Å²) in [5.41, 5.74) is 3.37. The molecule has 1 aromatic carbocycles. The van der Waals surface area contributed by atoms with Crippen molar-refractivity contribution in [3.63, 3.8) is 0 Å². The fourth-order valence-corrected chi connectivity index (χ4v) is 2.51. The third kappa shape index (κ3) is 4.29. The molecule has 0 spiro atoms. The molecular weight excluding hydrogens is 300 g/mol. The Morgan fingerprint density at radius 2 is 1.92 bits per heavy atom. The molecule has 0 saturated carbocycles. The third-order valence-electron chi connectivity index (χ3n) is 3.90. The fourth-order valence-electron chi connectivity index (χ4n) is 2.51. The zero-order chi connectivity index (χ0) is 16.8. The third-order valence-corrected chi connectivity index (χ3v) is 3.90. The molecule has 0 unspecified atom stereocenters. The van der Waals surface area contributed by atoms with E-state index >= 15 is 0 Å². The van der Waals surface area contributed by atoms with Crippen molar-refractivity contribution in [2.24, 2.45) is 0 Å². The first-order chi connectivity index (χ1) is 11.7. The molecule has 0 saturated heterocycles. The van der Waals surface area contributed by atoms with Crippen molar-refractivity contribution in [3.8, 4) is 0 Å². The minimum atomic E-state index is -0.0521. The number of carbonyl (C=O) groups excluding carboxylic acids is 1. The van der Waals surface area contributed by atoms with Crippen molar-refractivity contribution in [3.05, 3.63) is 77.7 Å². The first kappa shape index (κ1) is 15.9. The summed E-state index contributed by atoms with van der Waals surface area (Å²) in [5.74, 6) is 0.534. The monoisotopic (exact) mass is 320 g/mol. The second-order valence-corrected chi connectivity index (χ2v) is 5.72. The topological polar surface area (TPSA) is 59.8 Å². The van der Waals surface area contributed by atoms with E-state index in [1.807, 2.05) is 60.3 Å². The number of carbonyl (C=O) groups is 1. The smallest absolute Gasteiger partial charge is 0.230 e. The number of hydrogen-bond acceptors (Lipinski definition) is 3. The normalized spacial score (nSPS) is 10.5. The van der Waals surface area contributed by atoms with Gasteiger partial charge < -0.3 is 5.32 Å². The van der Waals surface area contributed by atoms with E-state index in [2.05, 4.69) is 15.4 Å². The SMILES string of the molecule is Cc1ccccc1CC(=O)Nc1ccn(CCc2ccncc2)n1. The van der Waals surface area contributed by atoms with Crippen LogP contribution in [0.3, 0.4) is 0 Å². The van der Waals surface area contributed by atoms with Gasteiger partial charge in [0.15, 0.2) is 5.82 Å². The highest BCUT2D eigenvalue weighted by molar-refractivity contribution is 5.91. The van der Waals surface area contributed by atoms with E-state index in [1.54, 1.807) is 12.4 Å². The minimum Gasteiger partial charge on any atom is -0.309 e. The van der Waals surface area contributed by atoms with Crippen LogP contribution in [0.4, 0.5) is 5.82 Å². The van der Waals surface area contributed by atoms with Crippen LogP contribution in [0.2, 0.25) is 0 Å². The quantitative estimate of drug-likeness (QED) is 0.759. The molecule has 3 aromatic rings. The minimum absolute atomic E-state index is 0.0521. The van der Waals surface area contributed by atoms with Gasteiger partial charge in [-0.05, 0) is 42.2 Å². The molecule has 24 heavy (non-hydrogen) atoms. The summed E-state index contributed by atoms with van der Waals surface area (Å²) in [4.78, 5) is 16.2. The molecule has 0 aliphatic heterocycles. The van der Waals surface area contributed by atoms with Crippen LogP contribution in [0.25, 0.3) is 0 Å². The van der Waals surface area contributed by atoms with Gasteiger partial charge in [-0.15, -0.1) is 0 Å². The average Bonchev–Trinajstić information content (AvgIpc) is 3.03. The Bertz CT molecular complexity index is 811. The van der Waals surface area contributed by atoms with Crippen molar-refractivity contribution in [1.82, 2.24) is 14.8 Å². The van der Waals surface area contributed by atoms with Crippen LogP contribution in [0.15, 0.2) is 61.1 Å². The molecule has 122 valence electrons. The second-order valence-electron chi connectivity index (χ2n) is 5.72. The number of anilines is 1. The first-order valence-corrected chi connectivity index (χ1v) is 7.97. The van der Waals surface area contributed by atoms with Gasteiger partial charge >= 0.3 is 0 Å². The molecule has 1 amide bonds. The number of amides is 1. The maximum Gasteiger partial charge on any atom is 0.230 e. The lowest BCUT2D eigenvalue weighted by molar-refractivity contribution is -0.115. The van der Waals surface area contributed by atoms with Gasteiger partial charge in [-0.1, -0.05) is 24.3 Å². The Morgan fingerprint density at radius 3 is 2.71 bits per heavy atom. The molecule has 5 nitrogen and oxygen atoms in total. The molecule has 3 rings (SSSR count). The molecule has 0 fully saturated rings. The van der Waals surface area contributed by atoms with Crippen LogP contribution in [0.5, 0.6) is 0 Å². The predicted octanol–water partition coefficient (Wildman–Crippen LogP) is 3.01. The van der Waals surface area contributed by atoms with Gasteiger partial charge in [0, 0.05) is 31.2 Å². The number of nitrogens with one attached hydrogen (secondary N) is 1. The Balaban J connectivity index is 1.54. The molecular formula is C19H20N4O. The van der Waals surface area contributed by atoms with E-state index in [0.717, 1.165) is 24.1 Å². The predicted molar refractivity (Wildman–Crippen MR) is 93.7 cm³/mol. The van der Waals surface area contributed by atoms with Crippen LogP contribution in [0.1, 0.15) is 16.7 Å². The summed E-state index contributed by atoms with van der Waals surface area (Å²) in [7, 11) is 0. The van der Waals surface area contributed by atoms with Gasteiger partial charge in [0.2, 0.25) is 5.91 Å². The van der Waals surface area contributed by atoms with Gasteiger partial charge in [-0.25, -0.2) is 0 Å². The van der Waals surface area contributed by atoms with Gasteiger partial charge in [-0.2, -0.15) is 5.10 Å². The van der Waals surface area contributed by atoms with E-state index in [-0.39, 0.29) is 5.91 Å². The molecule has 0 atom stereocenters. The lowest BCUT2D eigenvalue weighted by Crippen LogP contribution is -2.15. The number of pyridine rings is 1. The zero-order valence-corrected chi connectivity index (χ0v) is 13.6. The van der Waals surface area contributed by atoms with Gasteiger partial charge in [-0.3, -0.25) is 14.5 Å². The van der Waals surface area contributed by atoms with Crippen molar-refractivity contribution >= 4 is 11.7 Å². The zero-order valence-electron chi connectivity index (χ0n) is 13.6.